The molecule has 0 aliphatic rings. The van der Waals surface area contributed by atoms with Gasteiger partial charge in [-0.3, -0.25) is 9.59 Å². The largest absolute Gasteiger partial charge is 0.473 e. The number of para-hydroxylation sites is 1. The Morgan fingerprint density at radius 3 is 2.84 bits per heavy atom. The van der Waals surface area contributed by atoms with Crippen molar-refractivity contribution in [1.29, 1.82) is 0 Å². The predicted molar refractivity (Wildman–Crippen MR) is 96.9 cm³/mol. The number of ether oxygens (including phenoxy) is 1. The summed E-state index contributed by atoms with van der Waals surface area (Å²) in [5.41, 5.74) is 1.38. The van der Waals surface area contributed by atoms with Gasteiger partial charge in [0.05, 0.1) is 12.5 Å². The van der Waals surface area contributed by atoms with Crippen molar-refractivity contribution in [2.45, 2.75) is 26.4 Å². The molecular formula is C19H19N3O3. The third-order valence-electron chi connectivity index (χ3n) is 3.57. The number of benzene rings is 1. The highest BCUT2D eigenvalue weighted by Crippen LogP contribution is 2.22. The second-order valence-corrected chi connectivity index (χ2v) is 5.96. The molecule has 0 bridgehead atoms. The maximum atomic E-state index is 12.4. The second kappa shape index (κ2) is 7.17. The Morgan fingerprint density at radius 2 is 2.04 bits per heavy atom. The summed E-state index contributed by atoms with van der Waals surface area (Å²) in [5, 5.41) is 3.64. The first kappa shape index (κ1) is 16.7. The van der Waals surface area contributed by atoms with Gasteiger partial charge in [0, 0.05) is 17.3 Å². The normalized spacial score (nSPS) is 10.8. The molecule has 0 radical (unpaired) electrons. The molecule has 0 saturated heterocycles. The van der Waals surface area contributed by atoms with Crippen LogP contribution in [0.4, 0.5) is 5.69 Å². The van der Waals surface area contributed by atoms with Crippen LogP contribution in [-0.2, 0) is 11.2 Å². The molecule has 0 spiro atoms. The number of aromatic nitrogens is 2. The molecule has 0 saturated carbocycles. The van der Waals surface area contributed by atoms with E-state index >= 15 is 0 Å². The Hall–Kier alpha value is -3.15. The average molecular weight is 337 g/mol. The van der Waals surface area contributed by atoms with Crippen LogP contribution < -0.4 is 15.6 Å². The summed E-state index contributed by atoms with van der Waals surface area (Å²) in [5.74, 6) is 0.0562. The minimum absolute atomic E-state index is 0.0316. The Balaban J connectivity index is 1.80. The standard InChI is InChI=1S/C19H19N3O3/c1-12(2)25-19-16(8-5-9-20-19)21-17(23)11-14-10-13-6-3-4-7-15(13)22-18(14)24/h3-10,12H,11H2,1-2H3,(H,21,23)(H,22,24). The molecule has 2 aromatic heterocycles. The molecule has 2 heterocycles. The fourth-order valence-electron chi connectivity index (χ4n) is 2.49. The molecule has 0 aliphatic heterocycles. The van der Waals surface area contributed by atoms with Crippen molar-refractivity contribution >= 4 is 22.5 Å². The van der Waals surface area contributed by atoms with E-state index in [4.69, 9.17) is 4.74 Å². The Morgan fingerprint density at radius 1 is 1.24 bits per heavy atom. The van der Waals surface area contributed by atoms with Crippen LogP contribution in [0.5, 0.6) is 5.88 Å². The molecule has 25 heavy (non-hydrogen) atoms. The summed E-state index contributed by atoms with van der Waals surface area (Å²) < 4.78 is 5.58. The van der Waals surface area contributed by atoms with Crippen molar-refractivity contribution in [2.75, 3.05) is 5.32 Å². The van der Waals surface area contributed by atoms with Crippen molar-refractivity contribution in [2.24, 2.45) is 0 Å². The molecule has 0 aliphatic carbocycles. The molecule has 6 nitrogen and oxygen atoms in total. The molecule has 2 N–H and O–H groups in total. The van der Waals surface area contributed by atoms with E-state index in [1.165, 1.54) is 0 Å². The number of fused-ring (bicyclic) bond motifs is 1. The molecule has 1 aromatic carbocycles. The lowest BCUT2D eigenvalue weighted by Crippen LogP contribution is -2.21. The van der Waals surface area contributed by atoms with Gasteiger partial charge in [-0.15, -0.1) is 0 Å². The molecule has 0 unspecified atom stereocenters. The lowest BCUT2D eigenvalue weighted by molar-refractivity contribution is -0.115. The van der Waals surface area contributed by atoms with E-state index in [-0.39, 0.29) is 24.0 Å². The fraction of sp³-hybridized carbons (Fsp3) is 0.211. The SMILES string of the molecule is CC(C)Oc1ncccc1NC(=O)Cc1cc2ccccc2[nH]c1=O. The van der Waals surface area contributed by atoms with Crippen LogP contribution in [0.15, 0.2) is 53.5 Å². The van der Waals surface area contributed by atoms with Crippen LogP contribution in [-0.4, -0.2) is 22.0 Å². The van der Waals surface area contributed by atoms with Crippen LogP contribution >= 0.6 is 0 Å². The van der Waals surface area contributed by atoms with Crippen molar-refractivity contribution in [3.8, 4) is 5.88 Å². The van der Waals surface area contributed by atoms with Crippen molar-refractivity contribution in [1.82, 2.24) is 9.97 Å². The summed E-state index contributed by atoms with van der Waals surface area (Å²) in [7, 11) is 0. The number of anilines is 1. The number of amides is 1. The number of aromatic amines is 1. The highest BCUT2D eigenvalue weighted by atomic mass is 16.5. The fourth-order valence-corrected chi connectivity index (χ4v) is 2.49. The van der Waals surface area contributed by atoms with Gasteiger partial charge in [0.25, 0.3) is 5.56 Å². The number of carbonyl (C=O) groups is 1. The average Bonchev–Trinajstić information content (AvgIpc) is 2.57. The van der Waals surface area contributed by atoms with Gasteiger partial charge in [-0.2, -0.15) is 0 Å². The number of H-pyrrole nitrogens is 1. The van der Waals surface area contributed by atoms with Crippen LogP contribution in [0, 0.1) is 0 Å². The molecule has 3 aromatic rings. The van der Waals surface area contributed by atoms with E-state index in [1.54, 1.807) is 24.4 Å². The topological polar surface area (TPSA) is 84.1 Å². The quantitative estimate of drug-likeness (QED) is 0.750. The maximum Gasteiger partial charge on any atom is 0.252 e. The first-order valence-corrected chi connectivity index (χ1v) is 8.05. The lowest BCUT2D eigenvalue weighted by Gasteiger charge is -2.13. The lowest BCUT2D eigenvalue weighted by atomic mass is 10.1. The number of rotatable bonds is 5. The van der Waals surface area contributed by atoms with E-state index in [2.05, 4.69) is 15.3 Å². The van der Waals surface area contributed by atoms with Crippen LogP contribution in [0.25, 0.3) is 10.9 Å². The highest BCUT2D eigenvalue weighted by Gasteiger charge is 2.13. The van der Waals surface area contributed by atoms with Gasteiger partial charge >= 0.3 is 0 Å². The van der Waals surface area contributed by atoms with Crippen LogP contribution in [0.2, 0.25) is 0 Å². The molecule has 3 rings (SSSR count). The zero-order chi connectivity index (χ0) is 17.8. The highest BCUT2D eigenvalue weighted by molar-refractivity contribution is 5.93. The van der Waals surface area contributed by atoms with E-state index in [0.29, 0.717) is 17.1 Å². The summed E-state index contributed by atoms with van der Waals surface area (Å²) >= 11 is 0. The minimum atomic E-state index is -0.303. The monoisotopic (exact) mass is 337 g/mol. The summed E-state index contributed by atoms with van der Waals surface area (Å²) in [6, 6.07) is 12.6. The number of pyridine rings is 2. The van der Waals surface area contributed by atoms with E-state index in [0.717, 1.165) is 10.9 Å². The predicted octanol–water partition coefficient (Wildman–Crippen LogP) is 2.89. The minimum Gasteiger partial charge on any atom is -0.473 e. The van der Waals surface area contributed by atoms with Crippen LogP contribution in [0.3, 0.4) is 0 Å². The van der Waals surface area contributed by atoms with E-state index in [9.17, 15) is 9.59 Å². The summed E-state index contributed by atoms with van der Waals surface area (Å²) in [6.45, 7) is 3.77. The number of carbonyl (C=O) groups excluding carboxylic acids is 1. The Labute approximate surface area is 144 Å². The second-order valence-electron chi connectivity index (χ2n) is 5.96. The van der Waals surface area contributed by atoms with Gasteiger partial charge in [0.15, 0.2) is 0 Å². The molecule has 0 atom stereocenters. The number of hydrogen-bond donors (Lipinski definition) is 2. The smallest absolute Gasteiger partial charge is 0.252 e. The number of nitrogens with zero attached hydrogens (tertiary/aromatic N) is 1. The van der Waals surface area contributed by atoms with Crippen molar-refractivity contribution in [3.63, 3.8) is 0 Å². The first-order valence-electron chi connectivity index (χ1n) is 8.05. The molecule has 6 heteroatoms. The third-order valence-corrected chi connectivity index (χ3v) is 3.57. The van der Waals surface area contributed by atoms with Crippen LogP contribution in [0.1, 0.15) is 19.4 Å². The van der Waals surface area contributed by atoms with Gasteiger partial charge in [-0.05, 0) is 43.5 Å². The zero-order valence-corrected chi connectivity index (χ0v) is 14.1. The zero-order valence-electron chi connectivity index (χ0n) is 14.1. The maximum absolute atomic E-state index is 12.4. The molecule has 0 fully saturated rings. The van der Waals surface area contributed by atoms with Crippen molar-refractivity contribution < 1.29 is 9.53 Å². The molecular weight excluding hydrogens is 318 g/mol. The van der Waals surface area contributed by atoms with E-state index in [1.807, 2.05) is 38.1 Å². The Bertz CT molecular complexity index is 963. The number of nitrogens with one attached hydrogen (secondary N) is 2. The molecule has 128 valence electrons. The third kappa shape index (κ3) is 4.03. The van der Waals surface area contributed by atoms with Gasteiger partial charge in [-0.1, -0.05) is 18.2 Å². The molecule has 1 amide bonds. The van der Waals surface area contributed by atoms with E-state index < -0.39 is 0 Å². The van der Waals surface area contributed by atoms with Gasteiger partial charge in [0.2, 0.25) is 11.8 Å². The van der Waals surface area contributed by atoms with Gasteiger partial charge in [0.1, 0.15) is 5.69 Å². The number of hydrogen-bond acceptors (Lipinski definition) is 4. The summed E-state index contributed by atoms with van der Waals surface area (Å²) in [6.07, 6.45) is 1.51. The van der Waals surface area contributed by atoms with Gasteiger partial charge < -0.3 is 15.0 Å². The van der Waals surface area contributed by atoms with Crippen molar-refractivity contribution in [3.05, 3.63) is 64.6 Å². The summed E-state index contributed by atoms with van der Waals surface area (Å²) in [4.78, 5) is 31.4. The first-order chi connectivity index (χ1) is 12.0. The van der Waals surface area contributed by atoms with Gasteiger partial charge in [-0.25, -0.2) is 4.98 Å². The Kier molecular flexibility index (Phi) is 4.79.